The van der Waals surface area contributed by atoms with Crippen LogP contribution in [0.1, 0.15) is 40.5 Å². The average Bonchev–Trinajstić information content (AvgIpc) is 2.74. The summed E-state index contributed by atoms with van der Waals surface area (Å²) in [7, 11) is 1.83. The molecule has 0 spiro atoms. The fraction of sp³-hybridized carbons (Fsp3) is 0.929. The van der Waals surface area contributed by atoms with Gasteiger partial charge in [0.25, 0.3) is 0 Å². The average molecular weight is 286 g/mol. The molecule has 0 aromatic carbocycles. The van der Waals surface area contributed by atoms with Gasteiger partial charge in [0.05, 0.1) is 0 Å². The molecule has 19 heavy (non-hydrogen) atoms. The number of aliphatic imine (C=N–C) groups is 1. The van der Waals surface area contributed by atoms with Crippen molar-refractivity contribution in [3.8, 4) is 0 Å². The summed E-state index contributed by atoms with van der Waals surface area (Å²) in [6.07, 6.45) is 2.64. The Morgan fingerprint density at radius 3 is 2.53 bits per heavy atom. The third-order valence-electron chi connectivity index (χ3n) is 3.23. The topological polar surface area (TPSA) is 48.5 Å². The van der Waals surface area contributed by atoms with E-state index in [1.165, 1.54) is 18.6 Å². The molecule has 5 heteroatoms. The van der Waals surface area contributed by atoms with Crippen molar-refractivity contribution in [2.24, 2.45) is 4.99 Å². The van der Waals surface area contributed by atoms with Gasteiger partial charge in [-0.25, -0.2) is 0 Å². The maximum absolute atomic E-state index is 4.27. The summed E-state index contributed by atoms with van der Waals surface area (Å²) in [5, 5.41) is 10.2. The maximum Gasteiger partial charge on any atom is 0.191 e. The van der Waals surface area contributed by atoms with E-state index in [-0.39, 0.29) is 5.54 Å². The minimum atomic E-state index is 0.173. The molecule has 0 aromatic rings. The van der Waals surface area contributed by atoms with Crippen LogP contribution in [0, 0.1) is 0 Å². The van der Waals surface area contributed by atoms with Crippen molar-refractivity contribution in [2.45, 2.75) is 50.8 Å². The summed E-state index contributed by atoms with van der Waals surface area (Å²) in [5.41, 5.74) is 0.173. The summed E-state index contributed by atoms with van der Waals surface area (Å²) < 4.78 is 0.376. The van der Waals surface area contributed by atoms with Crippen LogP contribution in [-0.4, -0.2) is 48.7 Å². The van der Waals surface area contributed by atoms with Gasteiger partial charge in [-0.3, -0.25) is 4.99 Å². The number of nitrogens with one attached hydrogen (secondary N) is 3. The highest BCUT2D eigenvalue weighted by atomic mass is 32.2. The van der Waals surface area contributed by atoms with Crippen LogP contribution in [0.15, 0.2) is 4.99 Å². The second kappa shape index (κ2) is 7.39. The number of hydrogen-bond acceptors (Lipinski definition) is 3. The molecule has 1 fully saturated rings. The standard InChI is InChI=1S/C14H30N4S/c1-13(2,3)18-9-8-16-12(15-5)17-11-14(4)7-6-10-19-14/h18H,6-11H2,1-5H3,(H2,15,16,17). The monoisotopic (exact) mass is 286 g/mol. The predicted molar refractivity (Wildman–Crippen MR) is 87.2 cm³/mol. The van der Waals surface area contributed by atoms with E-state index in [1.807, 2.05) is 7.05 Å². The molecule has 1 saturated heterocycles. The molecular formula is C14H30N4S. The number of thioether (sulfide) groups is 1. The lowest BCUT2D eigenvalue weighted by molar-refractivity contribution is 0.428. The van der Waals surface area contributed by atoms with Crippen molar-refractivity contribution in [3.63, 3.8) is 0 Å². The van der Waals surface area contributed by atoms with Crippen molar-refractivity contribution in [1.29, 1.82) is 0 Å². The maximum atomic E-state index is 4.27. The molecule has 1 atom stereocenters. The molecule has 1 aliphatic rings. The molecule has 0 radical (unpaired) electrons. The van der Waals surface area contributed by atoms with Gasteiger partial charge in [0.2, 0.25) is 0 Å². The molecule has 112 valence electrons. The smallest absolute Gasteiger partial charge is 0.191 e. The first kappa shape index (κ1) is 16.6. The van der Waals surface area contributed by atoms with Crippen LogP contribution in [0.25, 0.3) is 0 Å². The second-order valence-corrected chi connectivity index (χ2v) is 8.11. The Balaban J connectivity index is 2.19. The van der Waals surface area contributed by atoms with Gasteiger partial charge in [-0.05, 0) is 46.3 Å². The minimum Gasteiger partial charge on any atom is -0.355 e. The van der Waals surface area contributed by atoms with Crippen LogP contribution in [-0.2, 0) is 0 Å². The number of hydrogen-bond donors (Lipinski definition) is 3. The van der Waals surface area contributed by atoms with Gasteiger partial charge in [0.15, 0.2) is 5.96 Å². The van der Waals surface area contributed by atoms with Gasteiger partial charge in [0.1, 0.15) is 0 Å². The van der Waals surface area contributed by atoms with E-state index in [2.05, 4.69) is 60.4 Å². The van der Waals surface area contributed by atoms with Crippen molar-refractivity contribution < 1.29 is 0 Å². The molecule has 1 heterocycles. The molecule has 1 unspecified atom stereocenters. The van der Waals surface area contributed by atoms with E-state index in [0.717, 1.165) is 25.6 Å². The third kappa shape index (κ3) is 7.06. The molecular weight excluding hydrogens is 256 g/mol. The van der Waals surface area contributed by atoms with E-state index in [4.69, 9.17) is 0 Å². The highest BCUT2D eigenvalue weighted by Gasteiger charge is 2.29. The van der Waals surface area contributed by atoms with E-state index in [0.29, 0.717) is 4.75 Å². The fourth-order valence-corrected chi connectivity index (χ4v) is 3.33. The molecule has 1 rings (SSSR count). The van der Waals surface area contributed by atoms with Crippen LogP contribution in [0.3, 0.4) is 0 Å². The van der Waals surface area contributed by atoms with Crippen molar-refractivity contribution >= 4 is 17.7 Å². The van der Waals surface area contributed by atoms with Gasteiger partial charge in [-0.15, -0.1) is 0 Å². The molecule has 4 nitrogen and oxygen atoms in total. The summed E-state index contributed by atoms with van der Waals surface area (Å²) >= 11 is 2.07. The van der Waals surface area contributed by atoms with Crippen LogP contribution in [0.2, 0.25) is 0 Å². The van der Waals surface area contributed by atoms with Crippen molar-refractivity contribution in [3.05, 3.63) is 0 Å². The lowest BCUT2D eigenvalue weighted by Gasteiger charge is -2.25. The van der Waals surface area contributed by atoms with Crippen LogP contribution in [0.4, 0.5) is 0 Å². The Morgan fingerprint density at radius 2 is 2.00 bits per heavy atom. The Hall–Kier alpha value is -0.420. The lowest BCUT2D eigenvalue weighted by atomic mass is 10.1. The first-order chi connectivity index (χ1) is 8.85. The third-order valence-corrected chi connectivity index (χ3v) is 4.76. The molecule has 0 amide bonds. The normalized spacial score (nSPS) is 24.6. The summed E-state index contributed by atoms with van der Waals surface area (Å²) in [6, 6.07) is 0. The number of nitrogens with zero attached hydrogens (tertiary/aromatic N) is 1. The lowest BCUT2D eigenvalue weighted by Crippen LogP contribution is -2.47. The SMILES string of the molecule is CN=C(NCCNC(C)(C)C)NCC1(C)CCCS1. The minimum absolute atomic E-state index is 0.173. The van der Waals surface area contributed by atoms with Gasteiger partial charge < -0.3 is 16.0 Å². The highest BCUT2D eigenvalue weighted by molar-refractivity contribution is 8.00. The number of rotatable bonds is 5. The van der Waals surface area contributed by atoms with E-state index in [1.54, 1.807) is 0 Å². The van der Waals surface area contributed by atoms with Gasteiger partial charge >= 0.3 is 0 Å². The van der Waals surface area contributed by atoms with Crippen LogP contribution >= 0.6 is 11.8 Å². The van der Waals surface area contributed by atoms with Crippen molar-refractivity contribution in [1.82, 2.24) is 16.0 Å². The molecule has 3 N–H and O–H groups in total. The fourth-order valence-electron chi connectivity index (χ4n) is 2.09. The largest absolute Gasteiger partial charge is 0.355 e. The second-order valence-electron chi connectivity index (χ2n) is 6.43. The summed E-state index contributed by atoms with van der Waals surface area (Å²) in [5.74, 6) is 2.20. The highest BCUT2D eigenvalue weighted by Crippen LogP contribution is 2.36. The molecule has 1 aliphatic heterocycles. The van der Waals surface area contributed by atoms with Crippen LogP contribution < -0.4 is 16.0 Å². The van der Waals surface area contributed by atoms with E-state index in [9.17, 15) is 0 Å². The zero-order valence-corrected chi connectivity index (χ0v) is 13.9. The summed E-state index contributed by atoms with van der Waals surface area (Å²) in [6.45, 7) is 11.7. The predicted octanol–water partition coefficient (Wildman–Crippen LogP) is 1.83. The molecule has 0 aliphatic carbocycles. The Kier molecular flexibility index (Phi) is 6.47. The quantitative estimate of drug-likeness (QED) is 0.410. The molecule has 0 aromatic heterocycles. The van der Waals surface area contributed by atoms with E-state index >= 15 is 0 Å². The Bertz CT molecular complexity index is 290. The Morgan fingerprint density at radius 1 is 1.26 bits per heavy atom. The molecule has 0 saturated carbocycles. The Labute approximate surface area is 122 Å². The van der Waals surface area contributed by atoms with Gasteiger partial charge in [0, 0.05) is 37.0 Å². The molecule has 0 bridgehead atoms. The first-order valence-electron chi connectivity index (χ1n) is 7.18. The van der Waals surface area contributed by atoms with Crippen LogP contribution in [0.5, 0.6) is 0 Å². The van der Waals surface area contributed by atoms with E-state index < -0.39 is 0 Å². The first-order valence-corrected chi connectivity index (χ1v) is 8.17. The van der Waals surface area contributed by atoms with Gasteiger partial charge in [-0.2, -0.15) is 11.8 Å². The summed E-state index contributed by atoms with van der Waals surface area (Å²) in [4.78, 5) is 4.27. The number of guanidine groups is 1. The zero-order chi connectivity index (χ0) is 14.4. The van der Waals surface area contributed by atoms with Gasteiger partial charge in [-0.1, -0.05) is 0 Å². The zero-order valence-electron chi connectivity index (χ0n) is 13.1. The van der Waals surface area contributed by atoms with Crippen molar-refractivity contribution in [2.75, 3.05) is 32.4 Å².